The highest BCUT2D eigenvalue weighted by atomic mass is 28.1. The minimum atomic E-state index is 1.11. The molecule has 0 bridgehead atoms. The second-order valence-corrected chi connectivity index (χ2v) is 2.63. The standard InChI is InChI=1S/C8H9Si/c1-2-7-4-3-5-8(9)6-7/h3-6H,2H2,1H3. The summed E-state index contributed by atoms with van der Waals surface area (Å²) in [5.74, 6) is 0. The molecule has 0 saturated heterocycles. The van der Waals surface area contributed by atoms with Crippen molar-refractivity contribution in [1.82, 2.24) is 0 Å². The number of aryl methyl sites for hydroxylation is 1. The van der Waals surface area contributed by atoms with Crippen molar-refractivity contribution >= 4 is 15.4 Å². The van der Waals surface area contributed by atoms with E-state index in [0.717, 1.165) is 11.6 Å². The minimum absolute atomic E-state index is 1.11. The van der Waals surface area contributed by atoms with Crippen LogP contribution in [0.2, 0.25) is 0 Å². The molecule has 1 aromatic carbocycles. The van der Waals surface area contributed by atoms with Crippen molar-refractivity contribution in [3.05, 3.63) is 29.8 Å². The van der Waals surface area contributed by atoms with E-state index in [-0.39, 0.29) is 0 Å². The summed E-state index contributed by atoms with van der Waals surface area (Å²) in [4.78, 5) is 0. The van der Waals surface area contributed by atoms with Gasteiger partial charge in [-0.15, -0.1) is 0 Å². The van der Waals surface area contributed by atoms with Gasteiger partial charge in [0.1, 0.15) is 0 Å². The molecule has 0 aliphatic heterocycles. The Balaban J connectivity index is 2.94. The van der Waals surface area contributed by atoms with Gasteiger partial charge in [-0.2, -0.15) is 0 Å². The zero-order valence-electron chi connectivity index (χ0n) is 5.52. The van der Waals surface area contributed by atoms with Crippen LogP contribution in [-0.2, 0) is 6.42 Å². The van der Waals surface area contributed by atoms with Crippen molar-refractivity contribution in [2.24, 2.45) is 0 Å². The summed E-state index contributed by atoms with van der Waals surface area (Å²) in [6.45, 7) is 2.15. The van der Waals surface area contributed by atoms with Crippen LogP contribution >= 0.6 is 0 Å². The van der Waals surface area contributed by atoms with Crippen LogP contribution in [0.5, 0.6) is 0 Å². The average molecular weight is 133 g/mol. The lowest BCUT2D eigenvalue weighted by Crippen LogP contribution is -2.01. The highest BCUT2D eigenvalue weighted by Crippen LogP contribution is 1.94. The van der Waals surface area contributed by atoms with Crippen molar-refractivity contribution in [2.45, 2.75) is 13.3 Å². The third kappa shape index (κ3) is 1.68. The van der Waals surface area contributed by atoms with Gasteiger partial charge in [-0.05, 0) is 12.0 Å². The molecule has 0 fully saturated rings. The molecule has 0 aliphatic rings. The van der Waals surface area contributed by atoms with Gasteiger partial charge in [0.15, 0.2) is 0 Å². The van der Waals surface area contributed by atoms with Crippen LogP contribution in [0.15, 0.2) is 24.3 Å². The summed E-state index contributed by atoms with van der Waals surface area (Å²) in [6, 6.07) is 8.36. The van der Waals surface area contributed by atoms with Crippen molar-refractivity contribution in [2.75, 3.05) is 0 Å². The third-order valence-electron chi connectivity index (χ3n) is 1.34. The first-order chi connectivity index (χ1) is 4.33. The maximum absolute atomic E-state index is 3.45. The maximum Gasteiger partial charge on any atom is 0.0711 e. The van der Waals surface area contributed by atoms with Gasteiger partial charge in [0, 0.05) is 0 Å². The molecule has 0 nitrogen and oxygen atoms in total. The molecule has 1 rings (SSSR count). The zero-order chi connectivity index (χ0) is 6.69. The van der Waals surface area contributed by atoms with Crippen LogP contribution in [0.1, 0.15) is 12.5 Å². The average Bonchev–Trinajstić information content (AvgIpc) is 1.88. The number of rotatable bonds is 1. The van der Waals surface area contributed by atoms with Crippen LogP contribution in [0.3, 0.4) is 0 Å². The Bertz CT molecular complexity index is 194. The fourth-order valence-electron chi connectivity index (χ4n) is 0.791. The summed E-state index contributed by atoms with van der Waals surface area (Å²) in [5, 5.41) is 1.16. The Hall–Kier alpha value is -0.563. The van der Waals surface area contributed by atoms with E-state index < -0.39 is 0 Å². The second-order valence-electron chi connectivity index (χ2n) is 2.05. The minimum Gasteiger partial charge on any atom is -0.0671 e. The van der Waals surface area contributed by atoms with Gasteiger partial charge in [-0.1, -0.05) is 36.4 Å². The molecule has 0 aromatic heterocycles. The molecule has 0 atom stereocenters. The molecule has 3 radical (unpaired) electrons. The number of benzene rings is 1. The highest BCUT2D eigenvalue weighted by molar-refractivity contribution is 6.32. The molecule has 0 spiro atoms. The summed E-state index contributed by atoms with van der Waals surface area (Å²) < 4.78 is 0. The molecule has 45 valence electrons. The van der Waals surface area contributed by atoms with E-state index >= 15 is 0 Å². The Kier molecular flexibility index (Phi) is 2.06. The topological polar surface area (TPSA) is 0 Å². The summed E-state index contributed by atoms with van der Waals surface area (Å²) in [6.07, 6.45) is 1.11. The van der Waals surface area contributed by atoms with Gasteiger partial charge in [0.2, 0.25) is 0 Å². The number of hydrogen-bond donors (Lipinski definition) is 0. The number of hydrogen-bond acceptors (Lipinski definition) is 0. The smallest absolute Gasteiger partial charge is 0.0671 e. The summed E-state index contributed by atoms with van der Waals surface area (Å²) in [7, 11) is 3.45. The van der Waals surface area contributed by atoms with Crippen molar-refractivity contribution in [1.29, 1.82) is 0 Å². The Morgan fingerprint density at radius 3 is 2.67 bits per heavy atom. The zero-order valence-corrected chi connectivity index (χ0v) is 6.52. The van der Waals surface area contributed by atoms with Crippen molar-refractivity contribution in [3.8, 4) is 0 Å². The van der Waals surface area contributed by atoms with Crippen LogP contribution in [-0.4, -0.2) is 10.2 Å². The fraction of sp³-hybridized carbons (Fsp3) is 0.250. The lowest BCUT2D eigenvalue weighted by atomic mass is 10.2. The normalized spacial score (nSPS) is 9.56. The predicted octanol–water partition coefficient (Wildman–Crippen LogP) is 1.04. The van der Waals surface area contributed by atoms with Crippen LogP contribution in [0.4, 0.5) is 0 Å². The van der Waals surface area contributed by atoms with E-state index in [4.69, 9.17) is 0 Å². The van der Waals surface area contributed by atoms with Gasteiger partial charge in [-0.25, -0.2) is 0 Å². The summed E-state index contributed by atoms with van der Waals surface area (Å²) >= 11 is 0. The molecule has 0 N–H and O–H groups in total. The molecule has 0 aliphatic carbocycles. The molecule has 0 unspecified atom stereocenters. The SMILES string of the molecule is CCc1cccc([Si])c1. The first-order valence-electron chi connectivity index (χ1n) is 3.13. The van der Waals surface area contributed by atoms with Crippen LogP contribution in [0.25, 0.3) is 0 Å². The summed E-state index contributed by atoms with van der Waals surface area (Å²) in [5.41, 5.74) is 1.38. The third-order valence-corrected chi connectivity index (χ3v) is 1.65. The van der Waals surface area contributed by atoms with Gasteiger partial charge in [-0.3, -0.25) is 0 Å². The largest absolute Gasteiger partial charge is 0.0711 e. The van der Waals surface area contributed by atoms with Crippen molar-refractivity contribution in [3.63, 3.8) is 0 Å². The monoisotopic (exact) mass is 133 g/mol. The molecule has 9 heavy (non-hydrogen) atoms. The first-order valence-corrected chi connectivity index (χ1v) is 3.63. The van der Waals surface area contributed by atoms with Crippen molar-refractivity contribution < 1.29 is 0 Å². The van der Waals surface area contributed by atoms with Gasteiger partial charge >= 0.3 is 0 Å². The molecular formula is C8H9Si. The van der Waals surface area contributed by atoms with Gasteiger partial charge < -0.3 is 0 Å². The lowest BCUT2D eigenvalue weighted by molar-refractivity contribution is 1.14. The molecule has 0 heterocycles. The predicted molar refractivity (Wildman–Crippen MR) is 41.2 cm³/mol. The Morgan fingerprint density at radius 1 is 1.44 bits per heavy atom. The van der Waals surface area contributed by atoms with Gasteiger partial charge in [0.25, 0.3) is 0 Å². The van der Waals surface area contributed by atoms with Gasteiger partial charge in [0.05, 0.1) is 10.2 Å². The van der Waals surface area contributed by atoms with E-state index in [1.807, 2.05) is 6.07 Å². The fourth-order valence-corrected chi connectivity index (χ4v) is 1.07. The molecule has 1 aromatic rings. The van der Waals surface area contributed by atoms with Crippen LogP contribution in [0, 0.1) is 0 Å². The van der Waals surface area contributed by atoms with E-state index in [0.29, 0.717) is 0 Å². The van der Waals surface area contributed by atoms with E-state index in [2.05, 4.69) is 35.4 Å². The highest BCUT2D eigenvalue weighted by Gasteiger charge is 1.85. The molecule has 0 amide bonds. The second kappa shape index (κ2) is 2.83. The molecule has 1 heteroatoms. The first kappa shape index (κ1) is 6.56. The Morgan fingerprint density at radius 2 is 2.22 bits per heavy atom. The van der Waals surface area contributed by atoms with E-state index in [1.54, 1.807) is 0 Å². The molecular weight excluding hydrogens is 124 g/mol. The quantitative estimate of drug-likeness (QED) is 0.502. The Labute approximate surface area is 59.3 Å². The van der Waals surface area contributed by atoms with E-state index in [1.165, 1.54) is 5.56 Å². The van der Waals surface area contributed by atoms with Crippen LogP contribution < -0.4 is 5.19 Å². The molecule has 0 saturated carbocycles. The maximum atomic E-state index is 3.45. The van der Waals surface area contributed by atoms with E-state index in [9.17, 15) is 0 Å². The lowest BCUT2D eigenvalue weighted by Gasteiger charge is -1.95.